The molecule has 1 aromatic carbocycles. The fraction of sp³-hybridized carbons (Fsp3) is 0.611. The molecule has 0 radical (unpaired) electrons. The third-order valence-electron chi connectivity index (χ3n) is 3.79. The zero-order valence-corrected chi connectivity index (χ0v) is 14.1. The van der Waals surface area contributed by atoms with Crippen LogP contribution in [-0.4, -0.2) is 30.3 Å². The molecule has 1 amide bonds. The molecule has 1 aromatic rings. The Balaban J connectivity index is 1.59. The molecule has 0 atom stereocenters. The van der Waals surface area contributed by atoms with Gasteiger partial charge in [-0.3, -0.25) is 0 Å². The van der Waals surface area contributed by atoms with Gasteiger partial charge >= 0.3 is 6.09 Å². The number of amides is 1. The van der Waals surface area contributed by atoms with Crippen molar-refractivity contribution in [1.29, 1.82) is 0 Å². The highest BCUT2D eigenvalue weighted by atomic mass is 16.6. The molecular weight excluding hydrogens is 276 g/mol. The summed E-state index contributed by atoms with van der Waals surface area (Å²) < 4.78 is 5.26. The van der Waals surface area contributed by atoms with E-state index in [-0.39, 0.29) is 12.1 Å². The number of nitrogens with one attached hydrogen (secondary N) is 2. The van der Waals surface area contributed by atoms with Gasteiger partial charge in [-0.05, 0) is 59.1 Å². The summed E-state index contributed by atoms with van der Waals surface area (Å²) in [4.78, 5) is 11.6. The maximum atomic E-state index is 11.6. The van der Waals surface area contributed by atoms with Crippen LogP contribution in [0.5, 0.6) is 0 Å². The third-order valence-corrected chi connectivity index (χ3v) is 3.79. The van der Waals surface area contributed by atoms with Crippen molar-refractivity contribution >= 4 is 6.09 Å². The second-order valence-corrected chi connectivity index (χ2v) is 7.20. The first-order valence-corrected chi connectivity index (χ1v) is 8.10. The maximum Gasteiger partial charge on any atom is 0.407 e. The van der Waals surface area contributed by atoms with Gasteiger partial charge in [-0.1, -0.05) is 29.8 Å². The Kier molecular flexibility index (Phi) is 5.46. The molecule has 1 saturated carbocycles. The molecule has 0 aromatic heterocycles. The molecule has 1 aliphatic carbocycles. The number of benzene rings is 1. The van der Waals surface area contributed by atoms with E-state index in [1.54, 1.807) is 0 Å². The summed E-state index contributed by atoms with van der Waals surface area (Å²) in [5.74, 6) is 0. The third kappa shape index (κ3) is 5.68. The van der Waals surface area contributed by atoms with Gasteiger partial charge in [0, 0.05) is 12.1 Å². The zero-order valence-electron chi connectivity index (χ0n) is 14.1. The van der Waals surface area contributed by atoms with Gasteiger partial charge in [0.2, 0.25) is 0 Å². The van der Waals surface area contributed by atoms with Crippen LogP contribution in [0.4, 0.5) is 4.79 Å². The first-order valence-electron chi connectivity index (χ1n) is 8.10. The zero-order chi connectivity index (χ0) is 16.2. The predicted molar refractivity (Wildman–Crippen MR) is 89.1 cm³/mol. The Morgan fingerprint density at radius 3 is 2.64 bits per heavy atom. The topological polar surface area (TPSA) is 50.4 Å². The molecule has 0 aliphatic heterocycles. The van der Waals surface area contributed by atoms with Crippen molar-refractivity contribution in [2.24, 2.45) is 0 Å². The van der Waals surface area contributed by atoms with Crippen LogP contribution in [0.1, 0.15) is 44.7 Å². The van der Waals surface area contributed by atoms with Crippen LogP contribution in [0.2, 0.25) is 0 Å². The van der Waals surface area contributed by atoms with E-state index in [1.807, 2.05) is 20.8 Å². The quantitative estimate of drug-likeness (QED) is 0.878. The summed E-state index contributed by atoms with van der Waals surface area (Å²) in [6, 6.07) is 9.37. The van der Waals surface area contributed by atoms with Crippen LogP contribution < -0.4 is 10.6 Å². The van der Waals surface area contributed by atoms with Gasteiger partial charge in [0.1, 0.15) is 5.60 Å². The number of hydrogen-bond donors (Lipinski definition) is 2. The number of rotatable bonds is 5. The molecule has 0 bridgehead atoms. The Morgan fingerprint density at radius 2 is 2.00 bits per heavy atom. The highest BCUT2D eigenvalue weighted by Crippen LogP contribution is 2.20. The van der Waals surface area contributed by atoms with Gasteiger partial charge in [-0.25, -0.2) is 4.79 Å². The Morgan fingerprint density at radius 1 is 1.27 bits per heavy atom. The fourth-order valence-electron chi connectivity index (χ4n) is 2.66. The molecule has 1 fully saturated rings. The van der Waals surface area contributed by atoms with Crippen LogP contribution in [0.15, 0.2) is 24.3 Å². The summed E-state index contributed by atoms with van der Waals surface area (Å²) in [6.45, 7) is 8.73. The Labute approximate surface area is 133 Å². The summed E-state index contributed by atoms with van der Waals surface area (Å²) in [6.07, 6.45) is 2.69. The molecule has 0 heterocycles. The van der Waals surface area contributed by atoms with E-state index in [4.69, 9.17) is 4.74 Å². The molecule has 122 valence electrons. The van der Waals surface area contributed by atoms with E-state index < -0.39 is 5.60 Å². The Bertz CT molecular complexity index is 502. The highest BCUT2D eigenvalue weighted by molar-refractivity contribution is 5.68. The van der Waals surface area contributed by atoms with Crippen molar-refractivity contribution < 1.29 is 9.53 Å². The molecule has 4 nitrogen and oxygen atoms in total. The average Bonchev–Trinajstić information content (AvgIpc) is 2.33. The molecule has 2 rings (SSSR count). The molecule has 22 heavy (non-hydrogen) atoms. The first kappa shape index (κ1) is 16.8. The van der Waals surface area contributed by atoms with Crippen molar-refractivity contribution in [3.05, 3.63) is 35.4 Å². The second kappa shape index (κ2) is 7.14. The lowest BCUT2D eigenvalue weighted by Gasteiger charge is -2.36. The van der Waals surface area contributed by atoms with Crippen molar-refractivity contribution in [1.82, 2.24) is 10.6 Å². The molecule has 0 saturated heterocycles. The number of ether oxygens (including phenoxy) is 1. The molecule has 2 N–H and O–H groups in total. The van der Waals surface area contributed by atoms with Crippen LogP contribution in [0.3, 0.4) is 0 Å². The first-order chi connectivity index (χ1) is 10.3. The second-order valence-electron chi connectivity index (χ2n) is 7.20. The minimum Gasteiger partial charge on any atom is -0.444 e. The van der Waals surface area contributed by atoms with E-state index in [1.165, 1.54) is 11.1 Å². The normalized spacial score (nSPS) is 21.1. The van der Waals surface area contributed by atoms with Crippen molar-refractivity contribution in [2.75, 3.05) is 6.54 Å². The van der Waals surface area contributed by atoms with Crippen molar-refractivity contribution in [3.63, 3.8) is 0 Å². The van der Waals surface area contributed by atoms with E-state index in [9.17, 15) is 4.79 Å². The lowest BCUT2D eigenvalue weighted by molar-refractivity contribution is 0.0465. The maximum absolute atomic E-state index is 11.6. The monoisotopic (exact) mass is 304 g/mol. The van der Waals surface area contributed by atoms with Crippen LogP contribution >= 0.6 is 0 Å². The van der Waals surface area contributed by atoms with Gasteiger partial charge in [0.25, 0.3) is 0 Å². The van der Waals surface area contributed by atoms with Crippen LogP contribution in [-0.2, 0) is 11.2 Å². The Hall–Kier alpha value is -1.55. The lowest BCUT2D eigenvalue weighted by atomic mass is 9.87. The molecule has 4 heteroatoms. The van der Waals surface area contributed by atoms with Gasteiger partial charge < -0.3 is 15.4 Å². The van der Waals surface area contributed by atoms with Crippen molar-refractivity contribution in [3.8, 4) is 0 Å². The minimum absolute atomic E-state index is 0.242. The summed E-state index contributed by atoms with van der Waals surface area (Å²) in [7, 11) is 0. The SMILES string of the molecule is Cc1cccc(CCNC2CC(NC(=O)OC(C)(C)C)C2)c1. The van der Waals surface area contributed by atoms with E-state index in [0.717, 1.165) is 25.8 Å². The lowest BCUT2D eigenvalue weighted by Crippen LogP contribution is -2.53. The smallest absolute Gasteiger partial charge is 0.407 e. The molecule has 0 spiro atoms. The fourth-order valence-corrected chi connectivity index (χ4v) is 2.66. The summed E-state index contributed by atoms with van der Waals surface area (Å²) in [5.41, 5.74) is 2.25. The standard InChI is InChI=1S/C18H28N2O2/c1-13-6-5-7-14(10-13)8-9-19-15-11-16(12-15)20-17(21)22-18(2,3)4/h5-7,10,15-16,19H,8-9,11-12H2,1-4H3,(H,20,21). The summed E-state index contributed by atoms with van der Waals surface area (Å²) >= 11 is 0. The van der Waals surface area contributed by atoms with E-state index >= 15 is 0 Å². The number of carbonyl (C=O) groups excluding carboxylic acids is 1. The van der Waals surface area contributed by atoms with E-state index in [2.05, 4.69) is 41.8 Å². The summed E-state index contributed by atoms with van der Waals surface area (Å²) in [5, 5.41) is 6.46. The highest BCUT2D eigenvalue weighted by Gasteiger charge is 2.31. The van der Waals surface area contributed by atoms with Gasteiger partial charge in [-0.2, -0.15) is 0 Å². The van der Waals surface area contributed by atoms with Crippen molar-refractivity contribution in [2.45, 2.75) is 64.6 Å². The predicted octanol–water partition coefficient (Wildman–Crippen LogP) is 3.18. The molecule has 0 unspecified atom stereocenters. The largest absolute Gasteiger partial charge is 0.444 e. The molecular formula is C18H28N2O2. The van der Waals surface area contributed by atoms with Crippen LogP contribution in [0.25, 0.3) is 0 Å². The number of alkyl carbamates (subject to hydrolysis) is 1. The average molecular weight is 304 g/mol. The van der Waals surface area contributed by atoms with E-state index in [0.29, 0.717) is 6.04 Å². The van der Waals surface area contributed by atoms with Gasteiger partial charge in [0.15, 0.2) is 0 Å². The van der Waals surface area contributed by atoms with Gasteiger partial charge in [-0.15, -0.1) is 0 Å². The van der Waals surface area contributed by atoms with Crippen LogP contribution in [0, 0.1) is 6.92 Å². The minimum atomic E-state index is -0.431. The number of hydrogen-bond acceptors (Lipinski definition) is 3. The molecule has 1 aliphatic rings. The van der Waals surface area contributed by atoms with Gasteiger partial charge in [0.05, 0.1) is 0 Å². The number of carbonyl (C=O) groups is 1. The number of aryl methyl sites for hydroxylation is 1.